The topological polar surface area (TPSA) is 61.0 Å². The molecular formula is C16H21N3O. The van der Waals surface area contributed by atoms with E-state index in [0.717, 1.165) is 29.2 Å². The molecule has 2 N–H and O–H groups in total. The first kappa shape index (κ1) is 14.3. The maximum absolute atomic E-state index is 5.91. The fourth-order valence-corrected chi connectivity index (χ4v) is 1.92. The Labute approximate surface area is 120 Å². The molecule has 4 nitrogen and oxygen atoms in total. The molecule has 0 aliphatic heterocycles. The summed E-state index contributed by atoms with van der Waals surface area (Å²) in [6.07, 6.45) is 0.771. The molecule has 0 radical (unpaired) electrons. The second-order valence-electron chi connectivity index (χ2n) is 5.16. The van der Waals surface area contributed by atoms with Crippen LogP contribution in [-0.2, 0) is 6.42 Å². The number of ether oxygens (including phenoxy) is 1. The second kappa shape index (κ2) is 6.37. The van der Waals surface area contributed by atoms with Crippen LogP contribution in [0.2, 0.25) is 0 Å². The van der Waals surface area contributed by atoms with Crippen LogP contribution in [0.4, 0.5) is 5.69 Å². The zero-order valence-corrected chi connectivity index (χ0v) is 12.3. The van der Waals surface area contributed by atoms with Gasteiger partial charge in [-0.2, -0.15) is 4.98 Å². The summed E-state index contributed by atoms with van der Waals surface area (Å²) in [5.41, 5.74) is 8.74. The lowest BCUT2D eigenvalue weighted by atomic mass is 10.1. The van der Waals surface area contributed by atoms with Gasteiger partial charge in [-0.05, 0) is 18.6 Å². The van der Waals surface area contributed by atoms with Crippen molar-refractivity contribution in [1.29, 1.82) is 0 Å². The van der Waals surface area contributed by atoms with Gasteiger partial charge >= 0.3 is 0 Å². The van der Waals surface area contributed by atoms with Gasteiger partial charge in [0.15, 0.2) is 0 Å². The summed E-state index contributed by atoms with van der Waals surface area (Å²) in [6, 6.07) is 9.70. The van der Waals surface area contributed by atoms with E-state index in [1.807, 2.05) is 37.3 Å². The molecule has 1 aromatic heterocycles. The van der Waals surface area contributed by atoms with E-state index >= 15 is 0 Å². The lowest BCUT2D eigenvalue weighted by Gasteiger charge is -2.10. The summed E-state index contributed by atoms with van der Waals surface area (Å²) in [6.45, 7) is 6.66. The fourth-order valence-electron chi connectivity index (χ4n) is 1.92. The highest BCUT2D eigenvalue weighted by molar-refractivity contribution is 5.46. The number of rotatable bonds is 5. The molecule has 1 aromatic carbocycles. The van der Waals surface area contributed by atoms with Crippen LogP contribution >= 0.6 is 0 Å². The minimum absolute atomic E-state index is 0.294. The molecule has 0 spiro atoms. The van der Waals surface area contributed by atoms with Crippen molar-refractivity contribution in [1.82, 2.24) is 9.97 Å². The van der Waals surface area contributed by atoms with E-state index in [0.29, 0.717) is 18.4 Å². The first-order valence-electron chi connectivity index (χ1n) is 6.88. The third-order valence-electron chi connectivity index (χ3n) is 3.04. The molecule has 2 rings (SSSR count). The highest BCUT2D eigenvalue weighted by Crippen LogP contribution is 2.16. The first-order chi connectivity index (χ1) is 9.56. The number of nitrogens with two attached hydrogens (primary N) is 1. The predicted octanol–water partition coefficient (Wildman–Crippen LogP) is 3.11. The fraction of sp³-hybridized carbons (Fsp3) is 0.375. The Morgan fingerprint density at radius 1 is 1.20 bits per heavy atom. The number of hydrogen-bond donors (Lipinski definition) is 1. The van der Waals surface area contributed by atoms with Crippen molar-refractivity contribution in [2.75, 3.05) is 12.3 Å². The van der Waals surface area contributed by atoms with Gasteiger partial charge in [0.1, 0.15) is 5.82 Å². The number of nitrogen functional groups attached to an aromatic ring is 1. The first-order valence-corrected chi connectivity index (χ1v) is 6.88. The number of anilines is 1. The minimum Gasteiger partial charge on any atom is -0.477 e. The van der Waals surface area contributed by atoms with Gasteiger partial charge in [-0.3, -0.25) is 0 Å². The maximum Gasteiger partial charge on any atom is 0.216 e. The molecule has 0 saturated carbocycles. The number of para-hydroxylation sites is 1. The SMILES string of the molecule is Cc1cc(OCCc2ccccc2N)nc(C(C)C)n1. The normalized spacial score (nSPS) is 10.8. The Kier molecular flexibility index (Phi) is 4.56. The molecule has 0 amide bonds. The van der Waals surface area contributed by atoms with Gasteiger partial charge in [-0.25, -0.2) is 4.98 Å². The van der Waals surface area contributed by atoms with Gasteiger partial charge in [0, 0.05) is 29.8 Å². The molecular weight excluding hydrogens is 250 g/mol. The number of aromatic nitrogens is 2. The van der Waals surface area contributed by atoms with Crippen molar-refractivity contribution in [3.8, 4) is 5.88 Å². The summed E-state index contributed by atoms with van der Waals surface area (Å²) in [5, 5.41) is 0. The summed E-state index contributed by atoms with van der Waals surface area (Å²) in [7, 11) is 0. The third kappa shape index (κ3) is 3.70. The van der Waals surface area contributed by atoms with Crippen molar-refractivity contribution in [2.45, 2.75) is 33.1 Å². The van der Waals surface area contributed by atoms with Crippen LogP contribution < -0.4 is 10.5 Å². The monoisotopic (exact) mass is 271 g/mol. The summed E-state index contributed by atoms with van der Waals surface area (Å²) < 4.78 is 5.73. The number of benzene rings is 1. The van der Waals surface area contributed by atoms with Crippen LogP contribution in [0, 0.1) is 6.92 Å². The molecule has 20 heavy (non-hydrogen) atoms. The Morgan fingerprint density at radius 2 is 1.95 bits per heavy atom. The van der Waals surface area contributed by atoms with Gasteiger partial charge in [-0.1, -0.05) is 32.0 Å². The number of nitrogens with zero attached hydrogens (tertiary/aromatic N) is 2. The molecule has 0 bridgehead atoms. The third-order valence-corrected chi connectivity index (χ3v) is 3.04. The van der Waals surface area contributed by atoms with Gasteiger partial charge in [0.25, 0.3) is 0 Å². The largest absolute Gasteiger partial charge is 0.477 e. The molecule has 0 fully saturated rings. The van der Waals surface area contributed by atoms with E-state index in [2.05, 4.69) is 23.8 Å². The van der Waals surface area contributed by atoms with Crippen LogP contribution in [0.1, 0.15) is 36.8 Å². The molecule has 0 atom stereocenters. The van der Waals surface area contributed by atoms with Gasteiger partial charge in [-0.15, -0.1) is 0 Å². The molecule has 106 valence electrons. The number of hydrogen-bond acceptors (Lipinski definition) is 4. The van der Waals surface area contributed by atoms with Crippen molar-refractivity contribution >= 4 is 5.69 Å². The summed E-state index contributed by atoms with van der Waals surface area (Å²) in [4.78, 5) is 8.82. The van der Waals surface area contributed by atoms with Crippen molar-refractivity contribution < 1.29 is 4.74 Å². The van der Waals surface area contributed by atoms with Crippen molar-refractivity contribution in [3.05, 3.63) is 47.4 Å². The van der Waals surface area contributed by atoms with Crippen LogP contribution in [0.15, 0.2) is 30.3 Å². The Hall–Kier alpha value is -2.10. The standard InChI is InChI=1S/C16H21N3O/c1-11(2)16-18-12(3)10-15(19-16)20-9-8-13-6-4-5-7-14(13)17/h4-7,10-11H,8-9,17H2,1-3H3. The van der Waals surface area contributed by atoms with Crippen molar-refractivity contribution in [3.63, 3.8) is 0 Å². The Balaban J connectivity index is 1.99. The van der Waals surface area contributed by atoms with Crippen LogP contribution in [0.5, 0.6) is 5.88 Å². The Bertz CT molecular complexity index is 582. The summed E-state index contributed by atoms with van der Waals surface area (Å²) in [5.74, 6) is 1.75. The van der Waals surface area contributed by atoms with Gasteiger partial charge < -0.3 is 10.5 Å². The van der Waals surface area contributed by atoms with Crippen molar-refractivity contribution in [2.24, 2.45) is 0 Å². The van der Waals surface area contributed by atoms with E-state index in [1.54, 1.807) is 0 Å². The number of aryl methyl sites for hydroxylation is 1. The van der Waals surface area contributed by atoms with E-state index in [9.17, 15) is 0 Å². The van der Waals surface area contributed by atoms with E-state index in [-0.39, 0.29) is 0 Å². The lowest BCUT2D eigenvalue weighted by Crippen LogP contribution is -2.07. The maximum atomic E-state index is 5.91. The van der Waals surface area contributed by atoms with Gasteiger partial charge in [0.05, 0.1) is 6.61 Å². The molecule has 0 unspecified atom stereocenters. The average Bonchev–Trinajstić information content (AvgIpc) is 2.40. The molecule has 0 saturated heterocycles. The zero-order chi connectivity index (χ0) is 14.5. The molecule has 1 heterocycles. The Morgan fingerprint density at radius 3 is 2.65 bits per heavy atom. The highest BCUT2D eigenvalue weighted by Gasteiger charge is 2.07. The van der Waals surface area contributed by atoms with Crippen LogP contribution in [0.25, 0.3) is 0 Å². The quantitative estimate of drug-likeness (QED) is 0.849. The van der Waals surface area contributed by atoms with E-state index in [4.69, 9.17) is 10.5 Å². The van der Waals surface area contributed by atoms with Crippen LogP contribution in [-0.4, -0.2) is 16.6 Å². The second-order valence-corrected chi connectivity index (χ2v) is 5.16. The molecule has 2 aromatic rings. The predicted molar refractivity (Wildman–Crippen MR) is 80.9 cm³/mol. The lowest BCUT2D eigenvalue weighted by molar-refractivity contribution is 0.307. The molecule has 0 aliphatic carbocycles. The smallest absolute Gasteiger partial charge is 0.216 e. The average molecular weight is 271 g/mol. The van der Waals surface area contributed by atoms with E-state index in [1.165, 1.54) is 0 Å². The molecule has 4 heteroatoms. The van der Waals surface area contributed by atoms with E-state index < -0.39 is 0 Å². The van der Waals surface area contributed by atoms with Gasteiger partial charge in [0.2, 0.25) is 5.88 Å². The highest BCUT2D eigenvalue weighted by atomic mass is 16.5. The van der Waals surface area contributed by atoms with Crippen LogP contribution in [0.3, 0.4) is 0 Å². The zero-order valence-electron chi connectivity index (χ0n) is 12.3. The summed E-state index contributed by atoms with van der Waals surface area (Å²) >= 11 is 0. The minimum atomic E-state index is 0.294. The molecule has 0 aliphatic rings.